The van der Waals surface area contributed by atoms with E-state index in [1.807, 2.05) is 42.1 Å². The molecule has 0 saturated carbocycles. The zero-order valence-electron chi connectivity index (χ0n) is 14.4. The van der Waals surface area contributed by atoms with Crippen LogP contribution in [0.5, 0.6) is 0 Å². The average Bonchev–Trinajstić information content (AvgIpc) is 2.96. The van der Waals surface area contributed by atoms with E-state index in [9.17, 15) is 8.78 Å². The topological polar surface area (TPSA) is 17.8 Å². The minimum atomic E-state index is -0.335. The van der Waals surface area contributed by atoms with E-state index in [1.165, 1.54) is 19.1 Å². The molecule has 2 rings (SSSR count). The number of aromatic nitrogens is 2. The van der Waals surface area contributed by atoms with Crippen LogP contribution in [0.4, 0.5) is 8.78 Å². The summed E-state index contributed by atoms with van der Waals surface area (Å²) in [7, 11) is 0. The summed E-state index contributed by atoms with van der Waals surface area (Å²) in [5.41, 5.74) is 4.41. The van der Waals surface area contributed by atoms with Crippen LogP contribution in [-0.2, 0) is 0 Å². The maximum atomic E-state index is 13.4. The molecule has 0 atom stereocenters. The number of halogens is 2. The molecule has 0 aliphatic heterocycles. The standard InChI is InChI=1S/C20H22F2N2/c1-14(2)19-8-7-18(17(6-5-10-21)12-15(3)22)13-20(19)24-11-9-16(4)23-24/h5-14H,1-4H3/b10-5+,15-12+,17-6+. The highest BCUT2D eigenvalue weighted by Crippen LogP contribution is 2.28. The maximum absolute atomic E-state index is 13.4. The molecule has 1 heterocycles. The van der Waals surface area contributed by atoms with Crippen LogP contribution in [-0.4, -0.2) is 9.78 Å². The maximum Gasteiger partial charge on any atom is 0.0974 e. The van der Waals surface area contributed by atoms with Crippen LogP contribution in [0, 0.1) is 6.92 Å². The highest BCUT2D eigenvalue weighted by atomic mass is 19.1. The number of hydrogen-bond acceptors (Lipinski definition) is 1. The van der Waals surface area contributed by atoms with Gasteiger partial charge in [-0.15, -0.1) is 0 Å². The molecule has 126 valence electrons. The van der Waals surface area contributed by atoms with Gasteiger partial charge in [-0.3, -0.25) is 0 Å². The minimum absolute atomic E-state index is 0.315. The SMILES string of the molecule is C\C(F)=C/C(=C\C=C\F)c1ccc(C(C)C)c(-n2ccc(C)n2)c1. The lowest BCUT2D eigenvalue weighted by Gasteiger charge is -2.15. The second kappa shape index (κ2) is 7.86. The van der Waals surface area contributed by atoms with Gasteiger partial charge in [-0.1, -0.05) is 32.1 Å². The molecule has 0 fully saturated rings. The summed E-state index contributed by atoms with van der Waals surface area (Å²) >= 11 is 0. The minimum Gasteiger partial charge on any atom is -0.240 e. The van der Waals surface area contributed by atoms with Crippen molar-refractivity contribution >= 4 is 5.57 Å². The van der Waals surface area contributed by atoms with Crippen molar-refractivity contribution in [3.63, 3.8) is 0 Å². The molecule has 0 aliphatic rings. The highest BCUT2D eigenvalue weighted by molar-refractivity contribution is 5.77. The van der Waals surface area contributed by atoms with Gasteiger partial charge in [0.2, 0.25) is 0 Å². The normalized spacial score (nSPS) is 13.3. The first-order chi connectivity index (χ1) is 11.4. The van der Waals surface area contributed by atoms with E-state index in [4.69, 9.17) is 0 Å². The Morgan fingerprint density at radius 2 is 2.00 bits per heavy atom. The fraction of sp³-hybridized carbons (Fsp3) is 0.250. The van der Waals surface area contributed by atoms with Gasteiger partial charge in [0.15, 0.2) is 0 Å². The summed E-state index contributed by atoms with van der Waals surface area (Å²) in [5.74, 6) is -0.0203. The number of aryl methyl sites for hydroxylation is 1. The van der Waals surface area contributed by atoms with E-state index in [2.05, 4.69) is 18.9 Å². The molecule has 0 amide bonds. The number of allylic oxidation sites excluding steroid dienone is 5. The third-order valence-electron chi connectivity index (χ3n) is 3.66. The molecule has 0 bridgehead atoms. The van der Waals surface area contributed by atoms with Crippen molar-refractivity contribution in [1.82, 2.24) is 9.78 Å². The van der Waals surface area contributed by atoms with E-state index in [0.717, 1.165) is 22.5 Å². The summed E-state index contributed by atoms with van der Waals surface area (Å²) in [6, 6.07) is 7.83. The third kappa shape index (κ3) is 4.28. The lowest BCUT2D eigenvalue weighted by Crippen LogP contribution is -2.03. The fourth-order valence-electron chi connectivity index (χ4n) is 2.54. The van der Waals surface area contributed by atoms with Crippen LogP contribution in [0.2, 0.25) is 0 Å². The number of hydrogen-bond donors (Lipinski definition) is 0. The Hall–Kier alpha value is -2.49. The van der Waals surface area contributed by atoms with Crippen molar-refractivity contribution in [3.8, 4) is 5.69 Å². The average molecular weight is 328 g/mol. The van der Waals surface area contributed by atoms with Crippen molar-refractivity contribution in [2.24, 2.45) is 0 Å². The zero-order chi connectivity index (χ0) is 17.7. The molecule has 0 spiro atoms. The number of benzene rings is 1. The van der Waals surface area contributed by atoms with Crippen molar-refractivity contribution < 1.29 is 8.78 Å². The number of nitrogens with zero attached hydrogens (tertiary/aromatic N) is 2. The van der Waals surface area contributed by atoms with Gasteiger partial charge < -0.3 is 0 Å². The molecule has 1 aromatic carbocycles. The van der Waals surface area contributed by atoms with E-state index >= 15 is 0 Å². The molecule has 24 heavy (non-hydrogen) atoms. The van der Waals surface area contributed by atoms with E-state index in [-0.39, 0.29) is 5.83 Å². The smallest absolute Gasteiger partial charge is 0.0974 e. The van der Waals surface area contributed by atoms with E-state index in [1.54, 1.807) is 6.08 Å². The van der Waals surface area contributed by atoms with Gasteiger partial charge in [0.05, 0.1) is 23.5 Å². The van der Waals surface area contributed by atoms with Gasteiger partial charge in [-0.25, -0.2) is 13.5 Å². The van der Waals surface area contributed by atoms with Crippen molar-refractivity contribution in [2.75, 3.05) is 0 Å². The van der Waals surface area contributed by atoms with Crippen LogP contribution in [0.15, 0.2) is 60.8 Å². The second-order valence-corrected chi connectivity index (χ2v) is 6.00. The molecular weight excluding hydrogens is 306 g/mol. The molecule has 1 aromatic heterocycles. The fourth-order valence-corrected chi connectivity index (χ4v) is 2.54. The lowest BCUT2D eigenvalue weighted by atomic mass is 9.96. The highest BCUT2D eigenvalue weighted by Gasteiger charge is 2.12. The van der Waals surface area contributed by atoms with Gasteiger partial charge in [-0.2, -0.15) is 5.10 Å². The molecule has 2 aromatic rings. The third-order valence-corrected chi connectivity index (χ3v) is 3.66. The van der Waals surface area contributed by atoms with Crippen molar-refractivity contribution in [2.45, 2.75) is 33.6 Å². The first-order valence-electron chi connectivity index (χ1n) is 7.90. The first kappa shape index (κ1) is 17.9. The largest absolute Gasteiger partial charge is 0.240 e. The predicted molar refractivity (Wildman–Crippen MR) is 95.5 cm³/mol. The van der Waals surface area contributed by atoms with E-state index in [0.29, 0.717) is 17.8 Å². The Bertz CT molecular complexity index is 792. The monoisotopic (exact) mass is 328 g/mol. The quantitative estimate of drug-likeness (QED) is 0.611. The zero-order valence-corrected chi connectivity index (χ0v) is 14.4. The summed E-state index contributed by atoms with van der Waals surface area (Å²) in [6.07, 6.45) is 6.53. The molecule has 0 N–H and O–H groups in total. The van der Waals surface area contributed by atoms with Crippen LogP contribution < -0.4 is 0 Å². The van der Waals surface area contributed by atoms with Gasteiger partial charge in [-0.05, 0) is 60.8 Å². The first-order valence-corrected chi connectivity index (χ1v) is 7.90. The molecule has 0 unspecified atom stereocenters. The molecule has 0 saturated heterocycles. The Kier molecular flexibility index (Phi) is 5.85. The molecule has 4 heteroatoms. The van der Waals surface area contributed by atoms with Crippen LogP contribution in [0.3, 0.4) is 0 Å². The second-order valence-electron chi connectivity index (χ2n) is 6.00. The Balaban J connectivity index is 2.62. The van der Waals surface area contributed by atoms with Crippen LogP contribution in [0.1, 0.15) is 43.5 Å². The van der Waals surface area contributed by atoms with Gasteiger partial charge in [0.1, 0.15) is 0 Å². The Morgan fingerprint density at radius 1 is 1.25 bits per heavy atom. The summed E-state index contributed by atoms with van der Waals surface area (Å²) in [6.45, 7) is 7.53. The summed E-state index contributed by atoms with van der Waals surface area (Å²) in [4.78, 5) is 0. The lowest BCUT2D eigenvalue weighted by molar-refractivity contribution is 0.641. The molecular formula is C20H22F2N2. The van der Waals surface area contributed by atoms with Crippen LogP contribution in [0.25, 0.3) is 11.3 Å². The van der Waals surface area contributed by atoms with E-state index < -0.39 is 0 Å². The molecule has 0 radical (unpaired) electrons. The van der Waals surface area contributed by atoms with Crippen molar-refractivity contribution in [1.29, 1.82) is 0 Å². The summed E-state index contributed by atoms with van der Waals surface area (Å²) in [5, 5.41) is 4.48. The van der Waals surface area contributed by atoms with Gasteiger partial charge in [0.25, 0.3) is 0 Å². The molecule has 2 nitrogen and oxygen atoms in total. The van der Waals surface area contributed by atoms with Gasteiger partial charge in [0, 0.05) is 6.20 Å². The van der Waals surface area contributed by atoms with Crippen LogP contribution >= 0.6 is 0 Å². The number of rotatable bonds is 5. The van der Waals surface area contributed by atoms with Crippen molar-refractivity contribution in [3.05, 3.63) is 77.7 Å². The predicted octanol–water partition coefficient (Wildman–Crippen LogP) is 6.04. The Morgan fingerprint density at radius 3 is 2.54 bits per heavy atom. The summed E-state index contributed by atoms with van der Waals surface area (Å²) < 4.78 is 27.6. The Labute approximate surface area is 141 Å². The van der Waals surface area contributed by atoms with Gasteiger partial charge >= 0.3 is 0 Å². The molecule has 0 aliphatic carbocycles.